The van der Waals surface area contributed by atoms with E-state index in [4.69, 9.17) is 19.2 Å². The zero-order chi connectivity index (χ0) is 4.50. The fourth-order valence-corrected chi connectivity index (χ4v) is 0. The van der Waals surface area contributed by atoms with Gasteiger partial charge in [-0.05, 0) is 0 Å². The summed E-state index contributed by atoms with van der Waals surface area (Å²) in [4.78, 5) is 21.6. The van der Waals surface area contributed by atoms with E-state index in [0.29, 0.717) is 0 Å². The van der Waals surface area contributed by atoms with Gasteiger partial charge >= 0.3 is 44.6 Å². The van der Waals surface area contributed by atoms with E-state index in [0.717, 1.165) is 0 Å². The van der Waals surface area contributed by atoms with Gasteiger partial charge in [0.25, 0.3) is 0 Å². The Morgan fingerprint density at radius 1 is 1.14 bits per heavy atom. The van der Waals surface area contributed by atoms with Crippen LogP contribution in [0.4, 0.5) is 0 Å². The van der Waals surface area contributed by atoms with E-state index in [1.807, 2.05) is 0 Å². The molecule has 0 saturated carbocycles. The quantitative estimate of drug-likeness (QED) is 0.281. The van der Waals surface area contributed by atoms with Crippen LogP contribution in [0.2, 0.25) is 0 Å². The summed E-state index contributed by atoms with van der Waals surface area (Å²) in [5.41, 5.74) is 0. The summed E-state index contributed by atoms with van der Waals surface area (Å²) in [6.07, 6.45) is 0. The Morgan fingerprint density at radius 2 is 1.14 bits per heavy atom. The van der Waals surface area contributed by atoms with E-state index in [1.54, 1.807) is 0 Å². The van der Waals surface area contributed by atoms with Crippen LogP contribution in [0.5, 0.6) is 0 Å². The summed E-state index contributed by atoms with van der Waals surface area (Å²) < 4.78 is 8.88. The van der Waals surface area contributed by atoms with Crippen LogP contribution in [0.1, 0.15) is 0 Å². The van der Waals surface area contributed by atoms with Crippen LogP contribution in [0.3, 0.4) is 0 Å². The Morgan fingerprint density at radius 3 is 1.14 bits per heavy atom. The molecule has 0 saturated heterocycles. The number of phosphoric acid groups is 1. The maximum absolute atomic E-state index is 8.88. The van der Waals surface area contributed by atoms with Crippen LogP contribution in [-0.4, -0.2) is 51.5 Å². The molecular formula is H7AsLiO4P. The van der Waals surface area contributed by atoms with Crippen molar-refractivity contribution in [1.29, 1.82) is 0 Å². The Balaban J connectivity index is -0.0000000800. The van der Waals surface area contributed by atoms with Crippen molar-refractivity contribution in [3.8, 4) is 0 Å². The molecule has 0 fully saturated rings. The van der Waals surface area contributed by atoms with Gasteiger partial charge in [-0.3, -0.25) is 0 Å². The first-order valence-corrected chi connectivity index (χ1v) is 2.35. The van der Waals surface area contributed by atoms with Crippen molar-refractivity contribution in [3.63, 3.8) is 0 Å². The standard InChI is InChI=1S/AsH3.Li.H3O4P.H/c;;1-5(2,3)4;/h1H3;;(H3,1,2,3,4);. The molecule has 0 bridgehead atoms. The monoisotopic (exact) mass is 184 g/mol. The molecule has 7 heavy (non-hydrogen) atoms. The van der Waals surface area contributed by atoms with Crippen molar-refractivity contribution in [3.05, 3.63) is 0 Å². The molecule has 4 nitrogen and oxygen atoms in total. The SMILES string of the molecule is O=P(O)(O)O.[AsH3].[LiH]. The Labute approximate surface area is 64.0 Å². The van der Waals surface area contributed by atoms with E-state index in [1.165, 1.54) is 0 Å². The third kappa shape index (κ3) is 126. The summed E-state index contributed by atoms with van der Waals surface area (Å²) in [7, 11) is -4.64. The van der Waals surface area contributed by atoms with E-state index in [9.17, 15) is 0 Å². The van der Waals surface area contributed by atoms with Crippen LogP contribution in [0.25, 0.3) is 0 Å². The van der Waals surface area contributed by atoms with Gasteiger partial charge in [-0.15, -0.1) is 0 Å². The summed E-state index contributed by atoms with van der Waals surface area (Å²) in [6.45, 7) is 0. The van der Waals surface area contributed by atoms with Gasteiger partial charge in [0.05, 0.1) is 0 Å². The fourth-order valence-electron chi connectivity index (χ4n) is 0. The van der Waals surface area contributed by atoms with E-state index >= 15 is 0 Å². The Kier molecular flexibility index (Phi) is 12.1. The summed E-state index contributed by atoms with van der Waals surface area (Å²) >= 11 is 0. The molecule has 0 aliphatic rings. The normalized spacial score (nSPS) is 8.43. The predicted molar refractivity (Wildman–Crippen MR) is 31.4 cm³/mol. The molecule has 0 amide bonds. The summed E-state index contributed by atoms with van der Waals surface area (Å²) in [5, 5.41) is 0. The molecule has 0 aromatic carbocycles. The Bertz CT molecular complexity index is 57.8. The van der Waals surface area contributed by atoms with Gasteiger partial charge in [-0.2, -0.15) is 0 Å². The molecule has 1 atom stereocenters. The maximum atomic E-state index is 8.88. The number of hydrogen-bond donors (Lipinski definition) is 3. The molecule has 42 valence electrons. The minimum atomic E-state index is -4.64. The number of hydrogen-bond acceptors (Lipinski definition) is 1. The minimum absolute atomic E-state index is 0. The van der Waals surface area contributed by atoms with Gasteiger partial charge in [0.15, 0.2) is 0 Å². The Hall–Kier alpha value is 1.27. The van der Waals surface area contributed by atoms with Crippen molar-refractivity contribution in [2.24, 2.45) is 0 Å². The van der Waals surface area contributed by atoms with Crippen molar-refractivity contribution in [2.45, 2.75) is 0 Å². The van der Waals surface area contributed by atoms with Gasteiger partial charge in [-0.25, -0.2) is 4.57 Å². The van der Waals surface area contributed by atoms with Crippen LogP contribution in [-0.2, 0) is 4.57 Å². The second kappa shape index (κ2) is 5.40. The van der Waals surface area contributed by atoms with Crippen LogP contribution < -0.4 is 0 Å². The second-order valence-electron chi connectivity index (χ2n) is 0.513. The van der Waals surface area contributed by atoms with Gasteiger partial charge in [0.1, 0.15) is 0 Å². The molecule has 0 rings (SSSR count). The van der Waals surface area contributed by atoms with E-state index in [2.05, 4.69) is 0 Å². The first-order chi connectivity index (χ1) is 2.00. The van der Waals surface area contributed by atoms with Crippen molar-refractivity contribution in [1.82, 2.24) is 0 Å². The third-order valence-corrected chi connectivity index (χ3v) is 0. The van der Waals surface area contributed by atoms with Crippen molar-refractivity contribution < 1.29 is 19.2 Å². The van der Waals surface area contributed by atoms with Crippen LogP contribution in [0.15, 0.2) is 0 Å². The fraction of sp³-hybridized carbons (Fsp3) is 0. The third-order valence-electron chi connectivity index (χ3n) is 0. The van der Waals surface area contributed by atoms with E-state index in [-0.39, 0.29) is 36.8 Å². The topological polar surface area (TPSA) is 77.8 Å². The van der Waals surface area contributed by atoms with Crippen molar-refractivity contribution in [2.75, 3.05) is 0 Å². The molecule has 3 N–H and O–H groups in total. The zero-order valence-electron chi connectivity index (χ0n) is 2.90. The van der Waals surface area contributed by atoms with Crippen LogP contribution in [0, 0.1) is 0 Å². The molecule has 0 aliphatic carbocycles. The average Bonchev–Trinajstić information content (AvgIpc) is 0.722. The van der Waals surface area contributed by atoms with Gasteiger partial charge < -0.3 is 14.7 Å². The first-order valence-electron chi connectivity index (χ1n) is 0.783. The predicted octanol–water partition coefficient (Wildman–Crippen LogP) is -2.76. The molecular weight excluding hydrogens is 177 g/mol. The molecule has 0 heterocycles. The molecule has 0 aromatic heterocycles. The molecule has 0 aliphatic heterocycles. The molecule has 7 heteroatoms. The second-order valence-corrected chi connectivity index (χ2v) is 1.54. The molecule has 0 aromatic rings. The van der Waals surface area contributed by atoms with Gasteiger partial charge in [0.2, 0.25) is 0 Å². The summed E-state index contributed by atoms with van der Waals surface area (Å²) in [6, 6.07) is 0. The average molecular weight is 184 g/mol. The molecule has 1 unspecified atom stereocenters. The zero-order valence-corrected chi connectivity index (χ0v) is 6.77. The molecule has 0 spiro atoms. The summed E-state index contributed by atoms with van der Waals surface area (Å²) in [5.74, 6) is 0. The van der Waals surface area contributed by atoms with Gasteiger partial charge in [0, 0.05) is 0 Å². The number of rotatable bonds is 0. The first kappa shape index (κ1) is 15.7. The van der Waals surface area contributed by atoms with Gasteiger partial charge in [-0.1, -0.05) is 0 Å². The molecule has 0 radical (unpaired) electrons. The van der Waals surface area contributed by atoms with E-state index < -0.39 is 7.82 Å². The van der Waals surface area contributed by atoms with Crippen LogP contribution >= 0.6 is 7.82 Å². The van der Waals surface area contributed by atoms with Crippen molar-refractivity contribution >= 4 is 44.6 Å².